The molecule has 1 aliphatic rings. The fourth-order valence-electron chi connectivity index (χ4n) is 2.29. The van der Waals surface area contributed by atoms with Crippen LogP contribution in [0.5, 0.6) is 5.88 Å². The van der Waals surface area contributed by atoms with Gasteiger partial charge in [0.15, 0.2) is 5.16 Å². The molecule has 0 radical (unpaired) electrons. The van der Waals surface area contributed by atoms with Crippen LogP contribution in [0.2, 0.25) is 0 Å². The van der Waals surface area contributed by atoms with Gasteiger partial charge >= 0.3 is 0 Å². The van der Waals surface area contributed by atoms with Crippen LogP contribution >= 0.6 is 11.8 Å². The summed E-state index contributed by atoms with van der Waals surface area (Å²) >= 11 is 1.47. The molecule has 0 atom stereocenters. The van der Waals surface area contributed by atoms with Crippen molar-refractivity contribution < 1.29 is 9.84 Å². The quantitative estimate of drug-likeness (QED) is 0.583. The zero-order valence-electron chi connectivity index (χ0n) is 13.3. The first-order valence-electron chi connectivity index (χ1n) is 7.81. The van der Waals surface area contributed by atoms with E-state index in [2.05, 4.69) is 28.7 Å². The van der Waals surface area contributed by atoms with Crippen LogP contribution in [0.15, 0.2) is 9.95 Å². The molecule has 0 spiro atoms. The summed E-state index contributed by atoms with van der Waals surface area (Å²) in [6.45, 7) is 8.57. The Morgan fingerprint density at radius 3 is 2.77 bits per heavy atom. The summed E-state index contributed by atoms with van der Waals surface area (Å²) < 4.78 is 5.31. The van der Waals surface area contributed by atoms with Crippen molar-refractivity contribution in [3.05, 3.63) is 15.9 Å². The van der Waals surface area contributed by atoms with E-state index in [0.29, 0.717) is 23.1 Å². The number of aromatic nitrogens is 2. The van der Waals surface area contributed by atoms with Gasteiger partial charge in [-0.3, -0.25) is 9.69 Å². The maximum Gasteiger partial charge on any atom is 0.258 e. The summed E-state index contributed by atoms with van der Waals surface area (Å²) in [6.07, 6.45) is 1.42. The highest BCUT2D eigenvalue weighted by Gasteiger charge is 2.13. The predicted octanol–water partition coefficient (Wildman–Crippen LogP) is 1.49. The zero-order chi connectivity index (χ0) is 15.9. The molecule has 2 rings (SSSR count). The van der Waals surface area contributed by atoms with E-state index in [-0.39, 0.29) is 11.4 Å². The third kappa shape index (κ3) is 5.30. The van der Waals surface area contributed by atoms with Gasteiger partial charge in [0.2, 0.25) is 5.88 Å². The van der Waals surface area contributed by atoms with E-state index in [1.165, 1.54) is 11.8 Å². The lowest BCUT2D eigenvalue weighted by atomic mass is 10.0. The second-order valence-corrected chi connectivity index (χ2v) is 6.99. The molecule has 6 nitrogen and oxygen atoms in total. The lowest BCUT2D eigenvalue weighted by molar-refractivity contribution is 0.0410. The van der Waals surface area contributed by atoms with Crippen LogP contribution in [-0.4, -0.2) is 58.6 Å². The van der Waals surface area contributed by atoms with Gasteiger partial charge in [0.05, 0.1) is 18.8 Å². The van der Waals surface area contributed by atoms with Gasteiger partial charge in [-0.2, -0.15) is 4.98 Å². The van der Waals surface area contributed by atoms with Crippen LogP contribution in [0, 0.1) is 5.92 Å². The van der Waals surface area contributed by atoms with E-state index in [1.54, 1.807) is 0 Å². The molecule has 1 saturated heterocycles. The highest BCUT2D eigenvalue weighted by atomic mass is 32.2. The lowest BCUT2D eigenvalue weighted by Crippen LogP contribution is -2.37. The van der Waals surface area contributed by atoms with Crippen molar-refractivity contribution in [2.45, 2.75) is 31.8 Å². The number of rotatable bonds is 7. The summed E-state index contributed by atoms with van der Waals surface area (Å²) in [5.41, 5.74) is 0.174. The van der Waals surface area contributed by atoms with Gasteiger partial charge in [-0.15, -0.1) is 0 Å². The Morgan fingerprint density at radius 2 is 2.14 bits per heavy atom. The SMILES string of the molecule is CC(C)CCc1c(O)nc(SCCN2CCOCC2)[nH]c1=O. The van der Waals surface area contributed by atoms with Crippen molar-refractivity contribution in [3.8, 4) is 5.88 Å². The Bertz CT molecular complexity index is 527. The molecule has 0 aliphatic carbocycles. The van der Waals surface area contributed by atoms with E-state index in [4.69, 9.17) is 4.74 Å². The van der Waals surface area contributed by atoms with Crippen LogP contribution in [-0.2, 0) is 11.2 Å². The molecule has 7 heteroatoms. The summed E-state index contributed by atoms with van der Waals surface area (Å²) in [7, 11) is 0. The van der Waals surface area contributed by atoms with Gasteiger partial charge < -0.3 is 14.8 Å². The monoisotopic (exact) mass is 327 g/mol. The number of ether oxygens (including phenoxy) is 1. The Labute approximate surface area is 135 Å². The third-order valence-corrected chi connectivity index (χ3v) is 4.55. The predicted molar refractivity (Wildman–Crippen MR) is 87.7 cm³/mol. The van der Waals surface area contributed by atoms with Gasteiger partial charge in [0.25, 0.3) is 5.56 Å². The zero-order valence-corrected chi connectivity index (χ0v) is 14.1. The minimum absolute atomic E-state index is 0.127. The maximum absolute atomic E-state index is 12.0. The molecule has 22 heavy (non-hydrogen) atoms. The second-order valence-electron chi connectivity index (χ2n) is 5.91. The van der Waals surface area contributed by atoms with Gasteiger partial charge in [0.1, 0.15) is 0 Å². The third-order valence-electron chi connectivity index (χ3n) is 3.69. The molecule has 2 heterocycles. The largest absolute Gasteiger partial charge is 0.493 e. The number of nitrogens with zero attached hydrogens (tertiary/aromatic N) is 2. The summed E-state index contributed by atoms with van der Waals surface area (Å²) in [5, 5.41) is 10.5. The number of aromatic amines is 1. The molecule has 0 bridgehead atoms. The average Bonchev–Trinajstić information content (AvgIpc) is 2.47. The Kier molecular flexibility index (Phi) is 6.72. The van der Waals surface area contributed by atoms with Crippen molar-refractivity contribution in [3.63, 3.8) is 0 Å². The van der Waals surface area contributed by atoms with Crippen molar-refractivity contribution in [1.82, 2.24) is 14.9 Å². The number of H-pyrrole nitrogens is 1. The number of morpholine rings is 1. The molecular weight excluding hydrogens is 302 g/mol. The van der Waals surface area contributed by atoms with E-state index >= 15 is 0 Å². The minimum atomic E-state index is -0.220. The number of nitrogens with one attached hydrogen (secondary N) is 1. The van der Waals surface area contributed by atoms with Crippen LogP contribution < -0.4 is 5.56 Å². The van der Waals surface area contributed by atoms with Crippen molar-refractivity contribution in [2.24, 2.45) is 5.92 Å². The standard InChI is InChI=1S/C15H25N3O3S/c1-11(2)3-4-12-13(19)16-15(17-14(12)20)22-10-7-18-5-8-21-9-6-18/h11H,3-10H2,1-2H3,(H2,16,17,19,20). The highest BCUT2D eigenvalue weighted by Crippen LogP contribution is 2.18. The Hall–Kier alpha value is -1.05. The molecule has 0 unspecified atom stereocenters. The number of aromatic hydroxyl groups is 1. The van der Waals surface area contributed by atoms with E-state index in [0.717, 1.165) is 45.0 Å². The van der Waals surface area contributed by atoms with E-state index < -0.39 is 0 Å². The van der Waals surface area contributed by atoms with Crippen molar-refractivity contribution >= 4 is 11.8 Å². The molecule has 1 aromatic heterocycles. The molecule has 1 aliphatic heterocycles. The second kappa shape index (κ2) is 8.55. The Balaban J connectivity index is 1.87. The average molecular weight is 327 g/mol. The van der Waals surface area contributed by atoms with Crippen LogP contribution in [0.3, 0.4) is 0 Å². The first-order valence-corrected chi connectivity index (χ1v) is 8.80. The Morgan fingerprint density at radius 1 is 1.41 bits per heavy atom. The molecule has 124 valence electrons. The lowest BCUT2D eigenvalue weighted by Gasteiger charge is -2.26. The molecule has 1 aromatic rings. The molecule has 0 amide bonds. The number of hydrogen-bond donors (Lipinski definition) is 2. The highest BCUT2D eigenvalue weighted by molar-refractivity contribution is 7.99. The van der Waals surface area contributed by atoms with Crippen LogP contribution in [0.25, 0.3) is 0 Å². The topological polar surface area (TPSA) is 78.5 Å². The van der Waals surface area contributed by atoms with Gasteiger partial charge in [-0.25, -0.2) is 0 Å². The van der Waals surface area contributed by atoms with Gasteiger partial charge in [-0.05, 0) is 18.8 Å². The molecule has 0 aromatic carbocycles. The van der Waals surface area contributed by atoms with Crippen molar-refractivity contribution in [2.75, 3.05) is 38.6 Å². The van der Waals surface area contributed by atoms with Gasteiger partial charge in [0, 0.05) is 25.4 Å². The molecule has 1 fully saturated rings. The van der Waals surface area contributed by atoms with Gasteiger partial charge in [-0.1, -0.05) is 25.6 Å². The number of hydrogen-bond acceptors (Lipinski definition) is 6. The molecule has 2 N–H and O–H groups in total. The van der Waals surface area contributed by atoms with E-state index in [1.807, 2.05) is 0 Å². The fourth-order valence-corrected chi connectivity index (χ4v) is 3.15. The first kappa shape index (κ1) is 17.3. The smallest absolute Gasteiger partial charge is 0.258 e. The summed E-state index contributed by atoms with van der Waals surface area (Å²) in [4.78, 5) is 21.3. The minimum Gasteiger partial charge on any atom is -0.493 e. The number of thioether (sulfide) groups is 1. The van der Waals surface area contributed by atoms with Crippen LogP contribution in [0.1, 0.15) is 25.8 Å². The van der Waals surface area contributed by atoms with E-state index in [9.17, 15) is 9.90 Å². The summed E-state index contributed by atoms with van der Waals surface area (Å²) in [6, 6.07) is 0. The van der Waals surface area contributed by atoms with Crippen LogP contribution in [0.4, 0.5) is 0 Å². The van der Waals surface area contributed by atoms with Crippen molar-refractivity contribution in [1.29, 1.82) is 0 Å². The normalized spacial score (nSPS) is 16.3. The maximum atomic E-state index is 12.0. The fraction of sp³-hybridized carbons (Fsp3) is 0.733. The first-order chi connectivity index (χ1) is 10.6. The summed E-state index contributed by atoms with van der Waals surface area (Å²) in [5.74, 6) is 1.19. The molecule has 0 saturated carbocycles. The molecular formula is C15H25N3O3S.